The van der Waals surface area contributed by atoms with Gasteiger partial charge in [-0.05, 0) is 25.7 Å². The zero-order valence-electron chi connectivity index (χ0n) is 10.3. The number of rotatable bonds is 2. The third-order valence-corrected chi connectivity index (χ3v) is 7.12. The van der Waals surface area contributed by atoms with Gasteiger partial charge in [0.1, 0.15) is 0 Å². The van der Waals surface area contributed by atoms with Crippen molar-refractivity contribution in [1.29, 1.82) is 5.26 Å². The molecule has 2 atom stereocenters. The summed E-state index contributed by atoms with van der Waals surface area (Å²) in [4.78, 5) is 0. The van der Waals surface area contributed by atoms with Crippen molar-refractivity contribution in [2.45, 2.75) is 68.3 Å². The lowest BCUT2D eigenvalue weighted by Crippen LogP contribution is -2.35. The first kappa shape index (κ1) is 12.9. The molecule has 0 spiro atoms. The predicted octanol–water partition coefficient (Wildman–Crippen LogP) is 2.82. The average Bonchev–Trinajstić information content (AvgIpc) is 2.74. The average molecular weight is 255 g/mol. The molecule has 0 aromatic rings. The first-order chi connectivity index (χ1) is 8.16. The number of sulfone groups is 1. The van der Waals surface area contributed by atoms with E-state index in [1.807, 2.05) is 0 Å². The predicted molar refractivity (Wildman–Crippen MR) is 67.2 cm³/mol. The molecule has 2 fully saturated rings. The molecule has 0 aliphatic heterocycles. The molecular weight excluding hydrogens is 234 g/mol. The molecule has 2 saturated carbocycles. The minimum atomic E-state index is -3.07. The van der Waals surface area contributed by atoms with Crippen LogP contribution in [0.25, 0.3) is 0 Å². The van der Waals surface area contributed by atoms with Crippen LogP contribution in [0.5, 0.6) is 0 Å². The van der Waals surface area contributed by atoms with Crippen LogP contribution >= 0.6 is 0 Å². The fraction of sp³-hybridized carbons (Fsp3) is 0.923. The van der Waals surface area contributed by atoms with Crippen LogP contribution in [0.3, 0.4) is 0 Å². The Labute approximate surface area is 104 Å². The van der Waals surface area contributed by atoms with E-state index in [9.17, 15) is 13.7 Å². The van der Waals surface area contributed by atoms with E-state index in [1.54, 1.807) is 0 Å². The summed E-state index contributed by atoms with van der Waals surface area (Å²) in [6.07, 6.45) is 8.23. The topological polar surface area (TPSA) is 57.9 Å². The fourth-order valence-electron chi connectivity index (χ4n) is 3.28. The quantitative estimate of drug-likeness (QED) is 0.713. The Morgan fingerprint density at radius 2 is 1.47 bits per heavy atom. The first-order valence-corrected chi connectivity index (χ1v) is 8.39. The van der Waals surface area contributed by atoms with Crippen molar-refractivity contribution in [2.75, 3.05) is 0 Å². The van der Waals surface area contributed by atoms with Gasteiger partial charge in [0.2, 0.25) is 0 Å². The molecule has 0 bridgehead atoms. The number of hydrogen-bond acceptors (Lipinski definition) is 3. The minimum absolute atomic E-state index is 0.151. The van der Waals surface area contributed by atoms with Crippen LogP contribution < -0.4 is 0 Å². The van der Waals surface area contributed by atoms with E-state index >= 15 is 0 Å². The summed E-state index contributed by atoms with van der Waals surface area (Å²) in [5, 5.41) is 8.65. The Morgan fingerprint density at radius 1 is 0.882 bits per heavy atom. The fourth-order valence-corrected chi connectivity index (χ4v) is 5.91. The molecule has 0 aromatic carbocycles. The molecule has 0 radical (unpaired) electrons. The SMILES string of the molecule is N#CC1CCCCCC1S(=O)(=O)C1CCCC1. The van der Waals surface area contributed by atoms with Gasteiger partial charge in [0.05, 0.1) is 22.5 Å². The summed E-state index contributed by atoms with van der Waals surface area (Å²) < 4.78 is 25.1. The van der Waals surface area contributed by atoms with E-state index in [4.69, 9.17) is 0 Å². The second-order valence-corrected chi connectivity index (χ2v) is 7.86. The Morgan fingerprint density at radius 3 is 2.12 bits per heavy atom. The highest BCUT2D eigenvalue weighted by Crippen LogP contribution is 2.35. The second-order valence-electron chi connectivity index (χ2n) is 5.41. The summed E-state index contributed by atoms with van der Waals surface area (Å²) in [7, 11) is -3.07. The molecule has 96 valence electrons. The van der Waals surface area contributed by atoms with Crippen LogP contribution in [0.15, 0.2) is 0 Å². The molecule has 2 aliphatic carbocycles. The second kappa shape index (κ2) is 5.39. The van der Waals surface area contributed by atoms with Gasteiger partial charge in [-0.2, -0.15) is 5.26 Å². The molecule has 0 amide bonds. The Hall–Kier alpha value is -0.560. The van der Waals surface area contributed by atoms with Crippen molar-refractivity contribution in [3.63, 3.8) is 0 Å². The number of nitrogens with zero attached hydrogens (tertiary/aromatic N) is 1. The van der Waals surface area contributed by atoms with Crippen molar-refractivity contribution in [3.8, 4) is 6.07 Å². The Balaban J connectivity index is 2.20. The summed E-state index contributed by atoms with van der Waals surface area (Å²) in [6.45, 7) is 0. The van der Waals surface area contributed by atoms with E-state index < -0.39 is 9.84 Å². The van der Waals surface area contributed by atoms with Gasteiger partial charge in [-0.25, -0.2) is 8.42 Å². The molecule has 2 aliphatic rings. The maximum absolute atomic E-state index is 12.6. The summed E-state index contributed by atoms with van der Waals surface area (Å²) in [5.41, 5.74) is 0. The molecule has 4 heteroatoms. The monoisotopic (exact) mass is 255 g/mol. The molecule has 2 unspecified atom stereocenters. The summed E-state index contributed by atoms with van der Waals surface area (Å²) in [5.74, 6) is -0.261. The van der Waals surface area contributed by atoms with Crippen LogP contribution in [-0.4, -0.2) is 18.9 Å². The van der Waals surface area contributed by atoms with Gasteiger partial charge < -0.3 is 0 Å². The molecular formula is C13H21NO2S. The summed E-state index contributed by atoms with van der Waals surface area (Å²) in [6, 6.07) is 2.24. The Bertz CT molecular complexity index is 390. The van der Waals surface area contributed by atoms with Gasteiger partial charge in [0, 0.05) is 0 Å². The third kappa shape index (κ3) is 2.65. The van der Waals surface area contributed by atoms with Gasteiger partial charge in [-0.3, -0.25) is 0 Å². The smallest absolute Gasteiger partial charge is 0.157 e. The van der Waals surface area contributed by atoms with Crippen LogP contribution in [0.1, 0.15) is 57.8 Å². The van der Waals surface area contributed by atoms with Gasteiger partial charge >= 0.3 is 0 Å². The van der Waals surface area contributed by atoms with Gasteiger partial charge in [0.15, 0.2) is 9.84 Å². The zero-order chi connectivity index (χ0) is 12.3. The highest BCUT2D eigenvalue weighted by Gasteiger charge is 2.40. The lowest BCUT2D eigenvalue weighted by atomic mass is 10.0. The van der Waals surface area contributed by atoms with E-state index in [0.29, 0.717) is 6.42 Å². The van der Waals surface area contributed by atoms with E-state index in [2.05, 4.69) is 6.07 Å². The molecule has 2 rings (SSSR count). The molecule has 3 nitrogen and oxygen atoms in total. The zero-order valence-corrected chi connectivity index (χ0v) is 11.1. The van der Waals surface area contributed by atoms with E-state index in [1.165, 1.54) is 0 Å². The third-order valence-electron chi connectivity index (χ3n) is 4.31. The van der Waals surface area contributed by atoms with Crippen LogP contribution in [-0.2, 0) is 9.84 Å². The van der Waals surface area contributed by atoms with Crippen molar-refractivity contribution in [3.05, 3.63) is 0 Å². The highest BCUT2D eigenvalue weighted by molar-refractivity contribution is 7.92. The lowest BCUT2D eigenvalue weighted by molar-refractivity contribution is 0.512. The van der Waals surface area contributed by atoms with Crippen LogP contribution in [0.4, 0.5) is 0 Å². The largest absolute Gasteiger partial charge is 0.228 e. The van der Waals surface area contributed by atoms with E-state index in [0.717, 1.165) is 51.4 Å². The van der Waals surface area contributed by atoms with Crippen molar-refractivity contribution < 1.29 is 8.42 Å². The van der Waals surface area contributed by atoms with E-state index in [-0.39, 0.29) is 16.4 Å². The first-order valence-electron chi connectivity index (χ1n) is 6.78. The normalized spacial score (nSPS) is 31.9. The molecule has 0 saturated heterocycles. The van der Waals surface area contributed by atoms with Gasteiger partial charge in [0.25, 0.3) is 0 Å². The highest BCUT2D eigenvalue weighted by atomic mass is 32.2. The summed E-state index contributed by atoms with van der Waals surface area (Å²) >= 11 is 0. The van der Waals surface area contributed by atoms with Crippen molar-refractivity contribution in [1.82, 2.24) is 0 Å². The maximum atomic E-state index is 12.6. The minimum Gasteiger partial charge on any atom is -0.228 e. The lowest BCUT2D eigenvalue weighted by Gasteiger charge is -2.23. The van der Waals surface area contributed by atoms with Crippen LogP contribution in [0.2, 0.25) is 0 Å². The molecule has 0 N–H and O–H groups in total. The maximum Gasteiger partial charge on any atom is 0.157 e. The van der Waals surface area contributed by atoms with Gasteiger partial charge in [-0.1, -0.05) is 32.1 Å². The van der Waals surface area contributed by atoms with Crippen LogP contribution in [0, 0.1) is 17.2 Å². The molecule has 0 heterocycles. The van der Waals surface area contributed by atoms with Gasteiger partial charge in [-0.15, -0.1) is 0 Å². The number of nitriles is 1. The molecule has 0 aromatic heterocycles. The standard InChI is InChI=1S/C13H21NO2S/c14-10-11-6-2-1-3-9-13(11)17(15,16)12-7-4-5-8-12/h11-13H,1-9H2. The number of hydrogen-bond donors (Lipinski definition) is 0. The van der Waals surface area contributed by atoms with Crippen molar-refractivity contribution in [2.24, 2.45) is 5.92 Å². The Kier molecular flexibility index (Phi) is 4.09. The van der Waals surface area contributed by atoms with Crippen molar-refractivity contribution >= 4 is 9.84 Å². The molecule has 17 heavy (non-hydrogen) atoms.